The molecule has 1 N–H and O–H groups in total. The Morgan fingerprint density at radius 2 is 2.33 bits per heavy atom. The van der Waals surface area contributed by atoms with Gasteiger partial charge in [0.25, 0.3) is 0 Å². The van der Waals surface area contributed by atoms with E-state index in [1.807, 2.05) is 6.92 Å². The van der Waals surface area contributed by atoms with Crippen LogP contribution in [0.25, 0.3) is 0 Å². The van der Waals surface area contributed by atoms with Gasteiger partial charge in [-0.3, -0.25) is 4.90 Å². The lowest BCUT2D eigenvalue weighted by Crippen LogP contribution is -2.48. The monoisotopic (exact) mass is 217 g/mol. The number of rotatable bonds is 6. The first-order valence-corrected chi connectivity index (χ1v) is 5.85. The maximum atomic E-state index is 9.74. The third-order valence-electron chi connectivity index (χ3n) is 2.78. The highest BCUT2D eigenvalue weighted by atomic mass is 16.5. The van der Waals surface area contributed by atoms with Gasteiger partial charge < -0.3 is 14.6 Å². The molecule has 15 heavy (non-hydrogen) atoms. The number of aliphatic hydroxyl groups is 1. The lowest BCUT2D eigenvalue weighted by atomic mass is 10.1. The minimum absolute atomic E-state index is 0.378. The van der Waals surface area contributed by atoms with Gasteiger partial charge in [0.15, 0.2) is 0 Å². The minimum atomic E-state index is -0.378. The first-order chi connectivity index (χ1) is 7.27. The normalized spacial score (nSPS) is 25.4. The van der Waals surface area contributed by atoms with Gasteiger partial charge in [0.05, 0.1) is 25.9 Å². The van der Waals surface area contributed by atoms with Crippen molar-refractivity contribution in [3.63, 3.8) is 0 Å². The summed E-state index contributed by atoms with van der Waals surface area (Å²) in [6.07, 6.45) is 0.693. The molecule has 0 spiro atoms. The Hall–Kier alpha value is -0.160. The fourth-order valence-corrected chi connectivity index (χ4v) is 1.88. The molecule has 0 aromatic carbocycles. The third-order valence-corrected chi connectivity index (χ3v) is 2.78. The second-order valence-corrected chi connectivity index (χ2v) is 3.95. The van der Waals surface area contributed by atoms with Crippen molar-refractivity contribution in [3.05, 3.63) is 0 Å². The van der Waals surface area contributed by atoms with Crippen LogP contribution in [0.2, 0.25) is 0 Å². The Bertz CT molecular complexity index is 166. The zero-order valence-electron chi connectivity index (χ0n) is 9.82. The molecule has 0 aromatic heterocycles. The Morgan fingerprint density at radius 3 is 3.00 bits per heavy atom. The predicted octanol–water partition coefficient (Wildman–Crippen LogP) is 0.495. The molecular formula is C11H23NO3. The lowest BCUT2D eigenvalue weighted by molar-refractivity contribution is -0.0424. The maximum Gasteiger partial charge on any atom is 0.0900 e. The Kier molecular flexibility index (Phi) is 6.17. The van der Waals surface area contributed by atoms with Crippen LogP contribution in [0.1, 0.15) is 20.3 Å². The highest BCUT2D eigenvalue weighted by Gasteiger charge is 2.23. The quantitative estimate of drug-likeness (QED) is 0.703. The van der Waals surface area contributed by atoms with E-state index in [-0.39, 0.29) is 6.10 Å². The smallest absolute Gasteiger partial charge is 0.0900 e. The van der Waals surface area contributed by atoms with Crippen LogP contribution in [0.4, 0.5) is 0 Å². The van der Waals surface area contributed by atoms with E-state index in [0.29, 0.717) is 25.8 Å². The molecule has 1 heterocycles. The molecule has 2 unspecified atom stereocenters. The largest absolute Gasteiger partial charge is 0.389 e. The molecule has 0 radical (unpaired) electrons. The molecule has 0 saturated carbocycles. The van der Waals surface area contributed by atoms with Gasteiger partial charge in [0.1, 0.15) is 0 Å². The molecule has 0 bridgehead atoms. The first kappa shape index (κ1) is 12.9. The molecule has 0 amide bonds. The topological polar surface area (TPSA) is 41.9 Å². The van der Waals surface area contributed by atoms with Crippen molar-refractivity contribution in [2.45, 2.75) is 32.4 Å². The van der Waals surface area contributed by atoms with Gasteiger partial charge in [-0.25, -0.2) is 0 Å². The van der Waals surface area contributed by atoms with Gasteiger partial charge >= 0.3 is 0 Å². The fraction of sp³-hybridized carbons (Fsp3) is 1.00. The number of morpholine rings is 1. The highest BCUT2D eigenvalue weighted by Crippen LogP contribution is 2.10. The van der Waals surface area contributed by atoms with E-state index in [4.69, 9.17) is 9.47 Å². The summed E-state index contributed by atoms with van der Waals surface area (Å²) < 4.78 is 10.6. The molecular weight excluding hydrogens is 194 g/mol. The lowest BCUT2D eigenvalue weighted by Gasteiger charge is -2.36. The first-order valence-electron chi connectivity index (χ1n) is 5.85. The fourth-order valence-electron chi connectivity index (χ4n) is 1.88. The van der Waals surface area contributed by atoms with E-state index in [2.05, 4.69) is 11.8 Å². The van der Waals surface area contributed by atoms with Crippen molar-refractivity contribution in [1.29, 1.82) is 0 Å². The van der Waals surface area contributed by atoms with Gasteiger partial charge in [0, 0.05) is 25.7 Å². The summed E-state index contributed by atoms with van der Waals surface area (Å²) in [6, 6.07) is 0.454. The average molecular weight is 217 g/mol. The summed E-state index contributed by atoms with van der Waals surface area (Å²) in [5.74, 6) is 0. The minimum Gasteiger partial charge on any atom is -0.389 e. The number of hydrogen-bond acceptors (Lipinski definition) is 4. The van der Waals surface area contributed by atoms with Gasteiger partial charge in [-0.05, 0) is 13.3 Å². The van der Waals surface area contributed by atoms with Crippen LogP contribution in [-0.4, -0.2) is 61.7 Å². The van der Waals surface area contributed by atoms with E-state index in [0.717, 1.165) is 26.2 Å². The Balaban J connectivity index is 2.27. The van der Waals surface area contributed by atoms with Gasteiger partial charge in [0.2, 0.25) is 0 Å². The maximum absolute atomic E-state index is 9.74. The number of hydrogen-bond donors (Lipinski definition) is 1. The van der Waals surface area contributed by atoms with Crippen LogP contribution in [0, 0.1) is 0 Å². The van der Waals surface area contributed by atoms with E-state index < -0.39 is 0 Å². The van der Waals surface area contributed by atoms with E-state index >= 15 is 0 Å². The highest BCUT2D eigenvalue weighted by molar-refractivity contribution is 4.76. The summed E-state index contributed by atoms with van der Waals surface area (Å²) in [4.78, 5) is 2.30. The molecule has 1 aliphatic rings. The van der Waals surface area contributed by atoms with Crippen LogP contribution >= 0.6 is 0 Å². The zero-order chi connectivity index (χ0) is 11.1. The number of β-amino-alcohol motifs (C(OH)–C–C–N with tert-alkyl or cyclic N) is 1. The van der Waals surface area contributed by atoms with Crippen molar-refractivity contribution in [3.8, 4) is 0 Å². The number of nitrogens with zero attached hydrogens (tertiary/aromatic N) is 1. The standard InChI is InChI=1S/C11H23NO3/c1-3-10-8-15-6-5-12(10)7-11(13)9-14-4-2/h10-11,13H,3-9H2,1-2H3. The predicted molar refractivity (Wildman–Crippen MR) is 59.0 cm³/mol. The molecule has 4 heteroatoms. The summed E-state index contributed by atoms with van der Waals surface area (Å²) in [6.45, 7) is 8.37. The van der Waals surface area contributed by atoms with Crippen LogP contribution in [0.15, 0.2) is 0 Å². The van der Waals surface area contributed by atoms with Gasteiger partial charge in [-0.2, -0.15) is 0 Å². The molecule has 1 aliphatic heterocycles. The SMILES string of the molecule is CCOCC(O)CN1CCOCC1CC. The van der Waals surface area contributed by atoms with Crippen LogP contribution in [0.5, 0.6) is 0 Å². The van der Waals surface area contributed by atoms with E-state index in [1.54, 1.807) is 0 Å². The molecule has 1 fully saturated rings. The average Bonchev–Trinajstić information content (AvgIpc) is 2.27. The van der Waals surface area contributed by atoms with Crippen LogP contribution in [0.3, 0.4) is 0 Å². The second-order valence-electron chi connectivity index (χ2n) is 3.95. The molecule has 90 valence electrons. The molecule has 0 aromatic rings. The summed E-state index contributed by atoms with van der Waals surface area (Å²) >= 11 is 0. The zero-order valence-corrected chi connectivity index (χ0v) is 9.82. The van der Waals surface area contributed by atoms with Crippen molar-refractivity contribution in [2.24, 2.45) is 0 Å². The van der Waals surface area contributed by atoms with E-state index in [9.17, 15) is 5.11 Å². The second kappa shape index (κ2) is 7.17. The van der Waals surface area contributed by atoms with Crippen LogP contribution < -0.4 is 0 Å². The molecule has 4 nitrogen and oxygen atoms in total. The van der Waals surface area contributed by atoms with Crippen molar-refractivity contribution < 1.29 is 14.6 Å². The van der Waals surface area contributed by atoms with Crippen molar-refractivity contribution in [2.75, 3.05) is 39.5 Å². The molecule has 1 saturated heterocycles. The van der Waals surface area contributed by atoms with Crippen molar-refractivity contribution in [1.82, 2.24) is 4.90 Å². The third kappa shape index (κ3) is 4.47. The molecule has 1 rings (SSSR count). The summed E-state index contributed by atoms with van der Waals surface area (Å²) in [7, 11) is 0. The Morgan fingerprint density at radius 1 is 1.53 bits per heavy atom. The van der Waals surface area contributed by atoms with Gasteiger partial charge in [-0.1, -0.05) is 6.92 Å². The molecule has 0 aliphatic carbocycles. The summed E-state index contributed by atoms with van der Waals surface area (Å²) in [5.41, 5.74) is 0. The van der Waals surface area contributed by atoms with Gasteiger partial charge in [-0.15, -0.1) is 0 Å². The molecule has 2 atom stereocenters. The van der Waals surface area contributed by atoms with Crippen LogP contribution in [-0.2, 0) is 9.47 Å². The van der Waals surface area contributed by atoms with E-state index in [1.165, 1.54) is 0 Å². The van der Waals surface area contributed by atoms with Crippen molar-refractivity contribution >= 4 is 0 Å². The number of ether oxygens (including phenoxy) is 2. The Labute approximate surface area is 92.2 Å². The summed E-state index contributed by atoms with van der Waals surface area (Å²) in [5, 5.41) is 9.74. The number of aliphatic hydroxyl groups excluding tert-OH is 1.